The largest absolute Gasteiger partial charge is 0.385 e. The Morgan fingerprint density at radius 2 is 2.31 bits per heavy atom. The first-order chi connectivity index (χ1) is 7.88. The van der Waals surface area contributed by atoms with Crippen LogP contribution in [-0.2, 0) is 4.74 Å². The van der Waals surface area contributed by atoms with E-state index in [4.69, 9.17) is 10.00 Å². The summed E-state index contributed by atoms with van der Waals surface area (Å²) in [5.41, 5.74) is 1.46. The molecule has 1 heterocycles. The molecular weight excluding hydrogens is 202 g/mol. The van der Waals surface area contributed by atoms with Gasteiger partial charge in [0.2, 0.25) is 0 Å². The Labute approximate surface area is 96.3 Å². The summed E-state index contributed by atoms with van der Waals surface area (Å²) in [4.78, 5) is 3.99. The summed E-state index contributed by atoms with van der Waals surface area (Å²) >= 11 is 0. The van der Waals surface area contributed by atoms with Crippen molar-refractivity contribution in [2.45, 2.75) is 19.3 Å². The minimum absolute atomic E-state index is 0.645. The number of ether oxygens (including phenoxy) is 1. The third-order valence-corrected chi connectivity index (χ3v) is 2.28. The average molecular weight is 219 g/mol. The Hall–Kier alpha value is -1.60. The van der Waals surface area contributed by atoms with Gasteiger partial charge in [-0.25, -0.2) is 0 Å². The van der Waals surface area contributed by atoms with Crippen molar-refractivity contribution in [1.82, 2.24) is 4.98 Å². The van der Waals surface area contributed by atoms with Crippen LogP contribution in [0.15, 0.2) is 18.5 Å². The molecule has 16 heavy (non-hydrogen) atoms. The molecule has 0 spiro atoms. The van der Waals surface area contributed by atoms with E-state index in [1.54, 1.807) is 25.6 Å². The molecule has 0 amide bonds. The van der Waals surface area contributed by atoms with E-state index >= 15 is 0 Å². The Morgan fingerprint density at radius 1 is 1.44 bits per heavy atom. The van der Waals surface area contributed by atoms with E-state index in [2.05, 4.69) is 16.4 Å². The highest BCUT2D eigenvalue weighted by Crippen LogP contribution is 2.11. The van der Waals surface area contributed by atoms with Gasteiger partial charge in [0, 0.05) is 26.5 Å². The average Bonchev–Trinajstić information content (AvgIpc) is 2.34. The number of anilines is 1. The number of aromatic nitrogens is 1. The van der Waals surface area contributed by atoms with Crippen LogP contribution in [0, 0.1) is 11.3 Å². The van der Waals surface area contributed by atoms with Crippen molar-refractivity contribution in [2.75, 3.05) is 25.6 Å². The smallest absolute Gasteiger partial charge is 0.101 e. The maximum Gasteiger partial charge on any atom is 0.101 e. The molecule has 0 aliphatic heterocycles. The highest BCUT2D eigenvalue weighted by molar-refractivity contribution is 5.55. The minimum Gasteiger partial charge on any atom is -0.385 e. The Morgan fingerprint density at radius 3 is 3.06 bits per heavy atom. The number of methoxy groups -OCH3 is 1. The molecule has 0 saturated carbocycles. The van der Waals surface area contributed by atoms with Gasteiger partial charge in [-0.3, -0.25) is 4.98 Å². The van der Waals surface area contributed by atoms with Crippen molar-refractivity contribution in [1.29, 1.82) is 5.26 Å². The van der Waals surface area contributed by atoms with Crippen molar-refractivity contribution in [2.24, 2.45) is 0 Å². The number of rotatable bonds is 7. The van der Waals surface area contributed by atoms with E-state index in [1.165, 1.54) is 0 Å². The fourth-order valence-corrected chi connectivity index (χ4v) is 1.40. The van der Waals surface area contributed by atoms with Gasteiger partial charge in [-0.1, -0.05) is 0 Å². The lowest BCUT2D eigenvalue weighted by atomic mass is 10.2. The van der Waals surface area contributed by atoms with Crippen LogP contribution < -0.4 is 5.32 Å². The van der Waals surface area contributed by atoms with Crippen LogP contribution in [0.2, 0.25) is 0 Å². The van der Waals surface area contributed by atoms with Crippen LogP contribution in [0.4, 0.5) is 5.69 Å². The summed E-state index contributed by atoms with van der Waals surface area (Å²) < 4.78 is 4.97. The monoisotopic (exact) mass is 219 g/mol. The Bertz CT molecular complexity index is 346. The van der Waals surface area contributed by atoms with E-state index in [1.807, 2.05) is 0 Å². The molecule has 0 aromatic carbocycles. The minimum atomic E-state index is 0.645. The van der Waals surface area contributed by atoms with Crippen LogP contribution in [0.1, 0.15) is 24.8 Å². The number of nitriles is 1. The summed E-state index contributed by atoms with van der Waals surface area (Å²) in [5.74, 6) is 0. The molecule has 0 aliphatic rings. The fourth-order valence-electron chi connectivity index (χ4n) is 1.40. The van der Waals surface area contributed by atoms with Crippen LogP contribution >= 0.6 is 0 Å². The van der Waals surface area contributed by atoms with Gasteiger partial charge in [0.15, 0.2) is 0 Å². The molecule has 0 radical (unpaired) electrons. The second-order valence-corrected chi connectivity index (χ2v) is 3.51. The van der Waals surface area contributed by atoms with Crippen molar-refractivity contribution in [3.63, 3.8) is 0 Å². The topological polar surface area (TPSA) is 57.9 Å². The molecule has 0 unspecified atom stereocenters. The molecule has 0 atom stereocenters. The zero-order chi connectivity index (χ0) is 11.6. The lowest BCUT2D eigenvalue weighted by Gasteiger charge is -2.06. The predicted octanol–water partition coefficient (Wildman–Crippen LogP) is 2.18. The van der Waals surface area contributed by atoms with Crippen molar-refractivity contribution < 1.29 is 4.74 Å². The van der Waals surface area contributed by atoms with Crippen LogP contribution in [0.5, 0.6) is 0 Å². The highest BCUT2D eigenvalue weighted by atomic mass is 16.5. The molecule has 1 aromatic rings. The lowest BCUT2D eigenvalue weighted by Crippen LogP contribution is -2.04. The molecule has 4 nitrogen and oxygen atoms in total. The predicted molar refractivity (Wildman–Crippen MR) is 63.2 cm³/mol. The molecule has 0 bridgehead atoms. The fraction of sp³-hybridized carbons (Fsp3) is 0.500. The lowest BCUT2D eigenvalue weighted by molar-refractivity contribution is 0.192. The van der Waals surface area contributed by atoms with Gasteiger partial charge in [0.1, 0.15) is 6.07 Å². The third-order valence-electron chi connectivity index (χ3n) is 2.28. The van der Waals surface area contributed by atoms with Gasteiger partial charge in [0.25, 0.3) is 0 Å². The first-order valence-corrected chi connectivity index (χ1v) is 5.45. The zero-order valence-corrected chi connectivity index (χ0v) is 9.57. The summed E-state index contributed by atoms with van der Waals surface area (Å²) in [7, 11) is 1.72. The van der Waals surface area contributed by atoms with Gasteiger partial charge in [-0.2, -0.15) is 5.26 Å². The molecule has 1 N–H and O–H groups in total. The van der Waals surface area contributed by atoms with Crippen LogP contribution in [0.3, 0.4) is 0 Å². The van der Waals surface area contributed by atoms with E-state index < -0.39 is 0 Å². The van der Waals surface area contributed by atoms with Crippen molar-refractivity contribution >= 4 is 5.69 Å². The Balaban J connectivity index is 2.24. The SMILES string of the molecule is COCCCCCNc1cnccc1C#N. The molecule has 0 saturated heterocycles. The summed E-state index contributed by atoms with van der Waals surface area (Å²) in [5, 5.41) is 12.1. The first kappa shape index (κ1) is 12.5. The maximum atomic E-state index is 8.86. The van der Waals surface area contributed by atoms with E-state index in [-0.39, 0.29) is 0 Å². The quantitative estimate of drug-likeness (QED) is 0.714. The zero-order valence-electron chi connectivity index (χ0n) is 9.57. The number of nitrogens with zero attached hydrogens (tertiary/aromatic N) is 2. The highest BCUT2D eigenvalue weighted by Gasteiger charge is 1.99. The van der Waals surface area contributed by atoms with E-state index in [0.717, 1.165) is 38.1 Å². The number of hydrogen-bond donors (Lipinski definition) is 1. The number of pyridine rings is 1. The van der Waals surface area contributed by atoms with Gasteiger partial charge in [-0.05, 0) is 25.3 Å². The molecule has 1 aromatic heterocycles. The van der Waals surface area contributed by atoms with Gasteiger partial charge >= 0.3 is 0 Å². The Kier molecular flexibility index (Phi) is 5.97. The van der Waals surface area contributed by atoms with E-state index in [0.29, 0.717) is 5.56 Å². The summed E-state index contributed by atoms with van der Waals surface area (Å²) in [6.07, 6.45) is 6.60. The molecule has 0 fully saturated rings. The van der Waals surface area contributed by atoms with Crippen LogP contribution in [-0.4, -0.2) is 25.2 Å². The van der Waals surface area contributed by atoms with Crippen molar-refractivity contribution in [3.05, 3.63) is 24.0 Å². The first-order valence-electron chi connectivity index (χ1n) is 5.45. The van der Waals surface area contributed by atoms with Crippen molar-refractivity contribution in [3.8, 4) is 6.07 Å². The molecule has 86 valence electrons. The van der Waals surface area contributed by atoms with Gasteiger partial charge < -0.3 is 10.1 Å². The summed E-state index contributed by atoms with van der Waals surface area (Å²) in [6, 6.07) is 3.85. The second kappa shape index (κ2) is 7.66. The van der Waals surface area contributed by atoms with Gasteiger partial charge in [0.05, 0.1) is 17.4 Å². The third kappa shape index (κ3) is 4.28. The maximum absolute atomic E-state index is 8.86. The summed E-state index contributed by atoms with van der Waals surface area (Å²) in [6.45, 7) is 1.68. The normalized spacial score (nSPS) is 9.75. The number of hydrogen-bond acceptors (Lipinski definition) is 4. The molecule has 1 rings (SSSR count). The molecular formula is C12H17N3O. The molecule has 4 heteroatoms. The second-order valence-electron chi connectivity index (χ2n) is 3.51. The van der Waals surface area contributed by atoms with Gasteiger partial charge in [-0.15, -0.1) is 0 Å². The standard InChI is InChI=1S/C12H17N3O/c1-16-8-4-2-3-6-15-12-10-14-7-5-11(12)9-13/h5,7,10,15H,2-4,6,8H2,1H3. The van der Waals surface area contributed by atoms with Crippen LogP contribution in [0.25, 0.3) is 0 Å². The number of nitrogens with one attached hydrogen (secondary N) is 1. The molecule has 0 aliphatic carbocycles. The van der Waals surface area contributed by atoms with E-state index in [9.17, 15) is 0 Å². The number of unbranched alkanes of at least 4 members (excludes halogenated alkanes) is 2.